The fraction of sp³-hybridized carbons (Fsp3) is 0.721. The average Bonchev–Trinajstić information content (AvgIpc) is 3.79. The van der Waals surface area contributed by atoms with E-state index < -0.39 is 65.6 Å². The van der Waals surface area contributed by atoms with E-state index in [9.17, 15) is 29.4 Å². The van der Waals surface area contributed by atoms with E-state index in [1.807, 2.05) is 13.1 Å². The quantitative estimate of drug-likeness (QED) is 0.226. The minimum absolute atomic E-state index is 0.0402. The van der Waals surface area contributed by atoms with Gasteiger partial charge in [-0.1, -0.05) is 26.0 Å². The van der Waals surface area contributed by atoms with Gasteiger partial charge >= 0.3 is 12.1 Å². The largest absolute Gasteiger partial charge is 0.462 e. The second-order valence-corrected chi connectivity index (χ2v) is 17.6. The van der Waals surface area contributed by atoms with Gasteiger partial charge in [0.05, 0.1) is 48.6 Å². The lowest BCUT2D eigenvalue weighted by Crippen LogP contribution is -2.53. The minimum atomic E-state index is -1.59. The molecule has 0 unspecified atom stereocenters. The Bertz CT molecular complexity index is 1750. The molecule has 1 amide bonds. The zero-order chi connectivity index (χ0) is 43.2. The molecule has 1 aromatic carbocycles. The molecule has 328 valence electrons. The number of ketones is 2. The Morgan fingerprint density at radius 3 is 2.41 bits per heavy atom. The topological polar surface area (TPSA) is 192 Å². The summed E-state index contributed by atoms with van der Waals surface area (Å²) in [5.74, 6) is -2.56. The summed E-state index contributed by atoms with van der Waals surface area (Å²) in [7, 11) is 3.49. The molecule has 3 saturated heterocycles. The second-order valence-electron chi connectivity index (χ2n) is 17.6. The first kappa shape index (κ1) is 46.3. The highest BCUT2D eigenvalue weighted by Gasteiger charge is 2.45. The normalized spacial score (nSPS) is 34.1. The highest BCUT2D eigenvalue weighted by molar-refractivity contribution is 5.95. The Kier molecular flexibility index (Phi) is 15.5. The third-order valence-electron chi connectivity index (χ3n) is 12.2. The van der Waals surface area contributed by atoms with E-state index in [-0.39, 0.29) is 36.7 Å². The summed E-state index contributed by atoms with van der Waals surface area (Å²) in [6.45, 7) is 13.1. The van der Waals surface area contributed by atoms with Crippen molar-refractivity contribution in [2.75, 3.05) is 38.8 Å². The number of esters is 1. The molecule has 0 radical (unpaired) electrons. The average molecular weight is 828 g/mol. The van der Waals surface area contributed by atoms with Crippen LogP contribution in [0.2, 0.25) is 0 Å². The van der Waals surface area contributed by atoms with Crippen LogP contribution in [0.3, 0.4) is 0 Å². The molecular formula is C43H65N5O11. The third-order valence-corrected chi connectivity index (χ3v) is 12.2. The molecule has 11 atom stereocenters. The molecule has 2 N–H and O–H groups in total. The number of Topliss-reactive ketones (excluding diaryl/α,β-unsaturated/α-hetero) is 2. The summed E-state index contributed by atoms with van der Waals surface area (Å²) in [6, 6.07) is 7.02. The number of amides is 1. The summed E-state index contributed by atoms with van der Waals surface area (Å²) < 4.78 is 31.3. The number of hydrogen-bond donors (Lipinski definition) is 2. The number of carbonyl (C=O) groups is 4. The molecule has 0 saturated carbocycles. The molecule has 16 heteroatoms. The molecule has 16 nitrogen and oxygen atoms in total. The van der Waals surface area contributed by atoms with Crippen LogP contribution in [0.15, 0.2) is 30.5 Å². The molecule has 1 aromatic heterocycles. The number of carbonyl (C=O) groups excluding carboxylic acids is 4. The summed E-state index contributed by atoms with van der Waals surface area (Å²) in [5, 5.41) is 31.8. The number of methoxy groups -OCH3 is 1. The number of aryl methyl sites for hydroxylation is 1. The number of rotatable bonds is 12. The minimum Gasteiger partial charge on any atom is -0.462 e. The van der Waals surface area contributed by atoms with Crippen LogP contribution in [0.4, 0.5) is 10.5 Å². The van der Waals surface area contributed by atoms with Crippen LogP contribution in [-0.2, 0) is 46.2 Å². The van der Waals surface area contributed by atoms with Crippen LogP contribution in [0, 0.1) is 17.8 Å². The first-order chi connectivity index (χ1) is 27.8. The van der Waals surface area contributed by atoms with Gasteiger partial charge in [-0.2, -0.15) is 0 Å². The van der Waals surface area contributed by atoms with E-state index in [2.05, 4.69) is 22.3 Å². The van der Waals surface area contributed by atoms with Crippen molar-refractivity contribution in [2.24, 2.45) is 17.8 Å². The third kappa shape index (κ3) is 11.9. The number of ether oxygens (including phenoxy) is 5. The second kappa shape index (κ2) is 19.7. The lowest BCUT2D eigenvalue weighted by molar-refractivity contribution is -0.253. The molecule has 4 heterocycles. The lowest BCUT2D eigenvalue weighted by atomic mass is 9.78. The van der Waals surface area contributed by atoms with Gasteiger partial charge in [0.1, 0.15) is 24.1 Å². The van der Waals surface area contributed by atoms with Crippen molar-refractivity contribution in [1.82, 2.24) is 19.9 Å². The Balaban J connectivity index is 1.15. The summed E-state index contributed by atoms with van der Waals surface area (Å²) in [6.07, 6.45) is 2.30. The van der Waals surface area contributed by atoms with Gasteiger partial charge in [-0.15, -0.1) is 5.10 Å². The van der Waals surface area contributed by atoms with E-state index in [0.717, 1.165) is 25.1 Å². The van der Waals surface area contributed by atoms with Crippen molar-refractivity contribution in [1.29, 1.82) is 0 Å². The van der Waals surface area contributed by atoms with E-state index in [1.54, 1.807) is 61.5 Å². The van der Waals surface area contributed by atoms with E-state index >= 15 is 0 Å². The number of nitrogens with zero attached hydrogens (tertiary/aromatic N) is 5. The van der Waals surface area contributed by atoms with Gasteiger partial charge < -0.3 is 38.8 Å². The molecular weight excluding hydrogens is 762 g/mol. The molecule has 3 aliphatic heterocycles. The SMILES string of the molecule is CO[C@@H]1[C@@H](C)C(=O)[C@H](C)C[C@@](C)(O)[C@H](O[C@H]2C[C@@H](N(C)CCCc3cn(C[C@H]4CN(c5ccc(C(C)=O)cc5)C(=O)O4)nn3)C[C@@H](C)O2)CC[C@@H](C)C(=O)OC[C@@]1(C)O. The summed E-state index contributed by atoms with van der Waals surface area (Å²) in [5.41, 5.74) is -0.961. The predicted molar refractivity (Wildman–Crippen MR) is 217 cm³/mol. The van der Waals surface area contributed by atoms with Crippen molar-refractivity contribution >= 4 is 29.3 Å². The van der Waals surface area contributed by atoms with Crippen molar-refractivity contribution < 1.29 is 53.1 Å². The van der Waals surface area contributed by atoms with Gasteiger partial charge in [0.25, 0.3) is 0 Å². The van der Waals surface area contributed by atoms with E-state index in [0.29, 0.717) is 50.0 Å². The Hall–Kier alpha value is -3.80. The van der Waals surface area contributed by atoms with Gasteiger partial charge in [-0.25, -0.2) is 9.48 Å². The zero-order valence-corrected chi connectivity index (χ0v) is 36.2. The monoisotopic (exact) mass is 827 g/mol. The molecule has 3 fully saturated rings. The van der Waals surface area contributed by atoms with Crippen LogP contribution < -0.4 is 4.90 Å². The predicted octanol–water partition coefficient (Wildman–Crippen LogP) is 4.37. The van der Waals surface area contributed by atoms with Crippen LogP contribution in [-0.4, -0.2) is 136 Å². The Morgan fingerprint density at radius 1 is 1.02 bits per heavy atom. The zero-order valence-electron chi connectivity index (χ0n) is 36.2. The number of hydrogen-bond acceptors (Lipinski definition) is 14. The van der Waals surface area contributed by atoms with Gasteiger partial charge in [-0.3, -0.25) is 19.3 Å². The number of anilines is 1. The molecule has 0 aliphatic carbocycles. The van der Waals surface area contributed by atoms with Crippen LogP contribution in [0.5, 0.6) is 0 Å². The summed E-state index contributed by atoms with van der Waals surface area (Å²) >= 11 is 0. The van der Waals surface area contributed by atoms with Crippen molar-refractivity contribution in [2.45, 2.75) is 148 Å². The molecule has 2 aromatic rings. The van der Waals surface area contributed by atoms with Gasteiger partial charge in [0, 0.05) is 48.9 Å². The smallest absolute Gasteiger partial charge is 0.414 e. The van der Waals surface area contributed by atoms with Crippen molar-refractivity contribution in [3.05, 3.63) is 41.7 Å². The Labute approximate surface area is 347 Å². The van der Waals surface area contributed by atoms with Gasteiger partial charge in [0.2, 0.25) is 0 Å². The first-order valence-electron chi connectivity index (χ1n) is 20.9. The van der Waals surface area contributed by atoms with E-state index in [4.69, 9.17) is 23.7 Å². The molecule has 0 spiro atoms. The van der Waals surface area contributed by atoms with Crippen LogP contribution in [0.25, 0.3) is 0 Å². The Morgan fingerprint density at radius 2 is 1.73 bits per heavy atom. The van der Waals surface area contributed by atoms with Crippen LogP contribution in [0.1, 0.15) is 103 Å². The van der Waals surface area contributed by atoms with Crippen molar-refractivity contribution in [3.63, 3.8) is 0 Å². The summed E-state index contributed by atoms with van der Waals surface area (Å²) in [4.78, 5) is 54.8. The maximum Gasteiger partial charge on any atom is 0.414 e. The number of aliphatic hydroxyl groups is 2. The molecule has 0 bridgehead atoms. The number of aromatic nitrogens is 3. The standard InChI is InChI=1S/C43H65N5O11/c1-26-12-17-36(42(6,53)21-27(2)38(50)29(4)39(55-9)43(7,54)25-56-40(26)51)59-37-20-34(19-28(3)57-37)46(8)18-10-11-32-22-47(45-44-32)23-35-24-48(41(52)58-35)33-15-13-31(14-16-33)30(5)49/h13-16,22,26-29,34-37,39,53-54H,10-12,17-21,23-25H2,1-9H3/t26-,27-,28-,29+,34+,35+,36-,37+,39-,42-,43-/m1/s1. The maximum atomic E-state index is 13.7. The maximum absolute atomic E-state index is 13.7. The number of benzene rings is 1. The molecule has 3 aliphatic rings. The number of cyclic esters (lactones) is 2. The van der Waals surface area contributed by atoms with Crippen LogP contribution >= 0.6 is 0 Å². The van der Waals surface area contributed by atoms with Gasteiger partial charge in [-0.05, 0) is 104 Å². The van der Waals surface area contributed by atoms with E-state index in [1.165, 1.54) is 21.0 Å². The fourth-order valence-electron chi connectivity index (χ4n) is 8.78. The molecule has 5 rings (SSSR count). The highest BCUT2D eigenvalue weighted by atomic mass is 16.7. The van der Waals surface area contributed by atoms with Gasteiger partial charge in [0.15, 0.2) is 12.1 Å². The first-order valence-corrected chi connectivity index (χ1v) is 20.9. The molecule has 59 heavy (non-hydrogen) atoms. The lowest BCUT2D eigenvalue weighted by Gasteiger charge is -2.43. The fourth-order valence-corrected chi connectivity index (χ4v) is 8.78. The highest BCUT2D eigenvalue weighted by Crippen LogP contribution is 2.35. The van der Waals surface area contributed by atoms with Crippen molar-refractivity contribution in [3.8, 4) is 0 Å².